The zero-order chi connectivity index (χ0) is 17.7. The summed E-state index contributed by atoms with van der Waals surface area (Å²) >= 11 is 0. The van der Waals surface area contributed by atoms with E-state index in [4.69, 9.17) is 0 Å². The lowest BCUT2D eigenvalue weighted by Gasteiger charge is -2.34. The lowest BCUT2D eigenvalue weighted by molar-refractivity contribution is -0.120. The van der Waals surface area contributed by atoms with Crippen molar-refractivity contribution in [2.45, 2.75) is 32.7 Å². The van der Waals surface area contributed by atoms with E-state index in [0.717, 1.165) is 32.4 Å². The average molecular weight is 381 g/mol. The van der Waals surface area contributed by atoms with Crippen LogP contribution in [0.15, 0.2) is 24.3 Å². The first-order chi connectivity index (χ1) is 12.1. The minimum absolute atomic E-state index is 0. The SMILES string of the molecule is CC1(CNC(=O)CNC(=O)N2CCc3ccccc3C2)CCNCC1.Cl. The Morgan fingerprint density at radius 1 is 1.15 bits per heavy atom. The van der Waals surface area contributed by atoms with E-state index in [1.807, 2.05) is 12.1 Å². The lowest BCUT2D eigenvalue weighted by atomic mass is 9.81. The number of fused-ring (bicyclic) bond motifs is 1. The number of benzene rings is 1. The predicted molar refractivity (Wildman–Crippen MR) is 104 cm³/mol. The molecule has 0 bridgehead atoms. The molecule has 144 valence electrons. The second-order valence-corrected chi connectivity index (χ2v) is 7.44. The number of piperidine rings is 1. The molecule has 1 aromatic carbocycles. The highest BCUT2D eigenvalue weighted by Gasteiger charge is 2.27. The van der Waals surface area contributed by atoms with Crippen LogP contribution in [0.2, 0.25) is 0 Å². The Hall–Kier alpha value is -1.79. The molecule has 0 radical (unpaired) electrons. The number of amides is 3. The number of nitrogens with one attached hydrogen (secondary N) is 3. The first-order valence-electron chi connectivity index (χ1n) is 9.13. The fourth-order valence-electron chi connectivity index (χ4n) is 3.52. The third-order valence-corrected chi connectivity index (χ3v) is 5.34. The second kappa shape index (κ2) is 9.24. The Morgan fingerprint density at radius 3 is 2.58 bits per heavy atom. The van der Waals surface area contributed by atoms with Gasteiger partial charge in [0.2, 0.25) is 5.91 Å². The van der Waals surface area contributed by atoms with Gasteiger partial charge in [-0.2, -0.15) is 0 Å². The van der Waals surface area contributed by atoms with Crippen molar-refractivity contribution in [1.29, 1.82) is 0 Å². The molecule has 1 saturated heterocycles. The van der Waals surface area contributed by atoms with Crippen molar-refractivity contribution in [3.8, 4) is 0 Å². The van der Waals surface area contributed by atoms with Gasteiger partial charge in [-0.3, -0.25) is 4.79 Å². The summed E-state index contributed by atoms with van der Waals surface area (Å²) < 4.78 is 0. The largest absolute Gasteiger partial charge is 0.354 e. The van der Waals surface area contributed by atoms with E-state index in [1.54, 1.807) is 4.90 Å². The maximum absolute atomic E-state index is 12.3. The molecule has 3 N–H and O–H groups in total. The number of hydrogen-bond acceptors (Lipinski definition) is 3. The predicted octanol–water partition coefficient (Wildman–Crippen LogP) is 1.68. The smallest absolute Gasteiger partial charge is 0.318 e. The van der Waals surface area contributed by atoms with E-state index in [9.17, 15) is 9.59 Å². The molecule has 3 rings (SSSR count). The van der Waals surface area contributed by atoms with Crippen LogP contribution in [0.4, 0.5) is 4.79 Å². The standard InChI is InChI=1S/C19H28N4O2.ClH/c1-19(7-9-20-10-8-19)14-22-17(24)12-21-18(25)23-11-6-15-4-2-3-5-16(15)13-23;/h2-5,20H,6-14H2,1H3,(H,21,25)(H,22,24);1H. The van der Waals surface area contributed by atoms with Crippen LogP contribution in [0.3, 0.4) is 0 Å². The van der Waals surface area contributed by atoms with Crippen molar-refractivity contribution < 1.29 is 9.59 Å². The molecule has 6 nitrogen and oxygen atoms in total. The molecule has 0 spiro atoms. The summed E-state index contributed by atoms with van der Waals surface area (Å²) in [5.41, 5.74) is 2.65. The summed E-state index contributed by atoms with van der Waals surface area (Å²) in [6, 6.07) is 8.02. The highest BCUT2D eigenvalue weighted by atomic mass is 35.5. The van der Waals surface area contributed by atoms with Gasteiger partial charge in [0.05, 0.1) is 6.54 Å². The maximum atomic E-state index is 12.3. The molecule has 26 heavy (non-hydrogen) atoms. The lowest BCUT2D eigenvalue weighted by Crippen LogP contribution is -2.48. The van der Waals surface area contributed by atoms with Crippen LogP contribution in [0, 0.1) is 5.41 Å². The van der Waals surface area contributed by atoms with Crippen LogP contribution in [0.25, 0.3) is 0 Å². The summed E-state index contributed by atoms with van der Waals surface area (Å²) in [4.78, 5) is 26.1. The highest BCUT2D eigenvalue weighted by molar-refractivity contribution is 5.85. The van der Waals surface area contributed by atoms with E-state index in [2.05, 4.69) is 35.0 Å². The first-order valence-corrected chi connectivity index (χ1v) is 9.13. The van der Waals surface area contributed by atoms with Gasteiger partial charge in [0.25, 0.3) is 0 Å². The minimum Gasteiger partial charge on any atom is -0.354 e. The third-order valence-electron chi connectivity index (χ3n) is 5.34. The van der Waals surface area contributed by atoms with Crippen molar-refractivity contribution in [1.82, 2.24) is 20.9 Å². The molecular weight excluding hydrogens is 352 g/mol. The molecule has 0 aromatic heterocycles. The van der Waals surface area contributed by atoms with Crippen LogP contribution in [-0.2, 0) is 17.8 Å². The fourth-order valence-corrected chi connectivity index (χ4v) is 3.52. The maximum Gasteiger partial charge on any atom is 0.318 e. The van der Waals surface area contributed by atoms with Gasteiger partial charge in [-0.25, -0.2) is 4.79 Å². The van der Waals surface area contributed by atoms with E-state index in [0.29, 0.717) is 19.6 Å². The number of rotatable bonds is 4. The summed E-state index contributed by atoms with van der Waals surface area (Å²) in [5.74, 6) is -0.120. The number of hydrogen-bond donors (Lipinski definition) is 3. The molecular formula is C19H29ClN4O2. The minimum atomic E-state index is -0.169. The Balaban J connectivity index is 0.00000243. The number of carbonyl (C=O) groups excluding carboxylic acids is 2. The van der Waals surface area contributed by atoms with Crippen molar-refractivity contribution in [3.63, 3.8) is 0 Å². The Bertz CT molecular complexity index is 632. The van der Waals surface area contributed by atoms with Crippen molar-refractivity contribution >= 4 is 24.3 Å². The van der Waals surface area contributed by atoms with E-state index < -0.39 is 0 Å². The highest BCUT2D eigenvalue weighted by Crippen LogP contribution is 2.26. The molecule has 2 aliphatic heterocycles. The van der Waals surface area contributed by atoms with Gasteiger partial charge in [0.15, 0.2) is 0 Å². The number of urea groups is 1. The normalized spacial score (nSPS) is 18.3. The van der Waals surface area contributed by atoms with Crippen LogP contribution in [-0.4, -0.2) is 49.6 Å². The molecule has 3 amide bonds. The van der Waals surface area contributed by atoms with Gasteiger partial charge in [-0.05, 0) is 48.9 Å². The average Bonchev–Trinajstić information content (AvgIpc) is 2.64. The van der Waals surface area contributed by atoms with Crippen LogP contribution >= 0.6 is 12.4 Å². The summed E-state index contributed by atoms with van der Waals surface area (Å²) in [6.07, 6.45) is 2.99. The van der Waals surface area contributed by atoms with Gasteiger partial charge in [-0.1, -0.05) is 31.2 Å². The molecule has 2 aliphatic rings. The quantitative estimate of drug-likeness (QED) is 0.744. The molecule has 1 fully saturated rings. The number of nitrogens with zero attached hydrogens (tertiary/aromatic N) is 1. The molecule has 2 heterocycles. The zero-order valence-corrected chi connectivity index (χ0v) is 16.2. The molecule has 0 aliphatic carbocycles. The van der Waals surface area contributed by atoms with Gasteiger partial charge in [-0.15, -0.1) is 12.4 Å². The topological polar surface area (TPSA) is 73.5 Å². The summed E-state index contributed by atoms with van der Waals surface area (Å²) in [6.45, 7) is 6.20. The Morgan fingerprint density at radius 2 is 1.85 bits per heavy atom. The van der Waals surface area contributed by atoms with Crippen molar-refractivity contribution in [3.05, 3.63) is 35.4 Å². The molecule has 7 heteroatoms. The third kappa shape index (κ3) is 5.35. The zero-order valence-electron chi connectivity index (χ0n) is 15.3. The fraction of sp³-hybridized carbons (Fsp3) is 0.579. The van der Waals surface area contributed by atoms with E-state index >= 15 is 0 Å². The van der Waals surface area contributed by atoms with Gasteiger partial charge in [0, 0.05) is 19.6 Å². The van der Waals surface area contributed by atoms with Crippen molar-refractivity contribution in [2.24, 2.45) is 5.41 Å². The molecule has 0 saturated carbocycles. The van der Waals surface area contributed by atoms with Crippen LogP contribution in [0.5, 0.6) is 0 Å². The molecule has 1 aromatic rings. The van der Waals surface area contributed by atoms with Crippen LogP contribution < -0.4 is 16.0 Å². The molecule has 0 atom stereocenters. The van der Waals surface area contributed by atoms with E-state index in [1.165, 1.54) is 11.1 Å². The van der Waals surface area contributed by atoms with Gasteiger partial charge in [0.1, 0.15) is 0 Å². The Labute approximate surface area is 161 Å². The molecule has 0 unspecified atom stereocenters. The van der Waals surface area contributed by atoms with Gasteiger partial charge < -0.3 is 20.9 Å². The Kier molecular flexibility index (Phi) is 7.29. The monoisotopic (exact) mass is 380 g/mol. The van der Waals surface area contributed by atoms with Crippen molar-refractivity contribution in [2.75, 3.05) is 32.7 Å². The van der Waals surface area contributed by atoms with E-state index in [-0.39, 0.29) is 36.3 Å². The summed E-state index contributed by atoms with van der Waals surface area (Å²) in [7, 11) is 0. The second-order valence-electron chi connectivity index (χ2n) is 7.44. The van der Waals surface area contributed by atoms with Crippen LogP contribution in [0.1, 0.15) is 30.9 Å². The number of carbonyl (C=O) groups is 2. The van der Waals surface area contributed by atoms with Gasteiger partial charge >= 0.3 is 6.03 Å². The number of halogens is 1. The summed E-state index contributed by atoms with van der Waals surface area (Å²) in [5, 5.41) is 9.05. The first kappa shape index (κ1) is 20.5.